The molecule has 0 spiro atoms. The molecule has 0 aromatic carbocycles. The highest BCUT2D eigenvalue weighted by Gasteiger charge is 2.58. The Labute approximate surface area is 246 Å². The van der Waals surface area contributed by atoms with Crippen molar-refractivity contribution in [2.24, 2.45) is 35.5 Å². The Balaban J connectivity index is 1.08. The van der Waals surface area contributed by atoms with Crippen LogP contribution in [0.1, 0.15) is 128 Å². The summed E-state index contributed by atoms with van der Waals surface area (Å²) in [6.07, 6.45) is 30.3. The molecule has 8 fully saturated rings. The number of hydrogen-bond acceptors (Lipinski definition) is 4. The predicted molar refractivity (Wildman–Crippen MR) is 165 cm³/mol. The molecule has 2 heterocycles. The van der Waals surface area contributed by atoms with E-state index < -0.39 is 0 Å². The van der Waals surface area contributed by atoms with E-state index in [1.807, 2.05) is 0 Å². The van der Waals surface area contributed by atoms with Crippen molar-refractivity contribution >= 4 is 0 Å². The number of nitrogens with one attached hydrogen (secondary N) is 2. The van der Waals surface area contributed by atoms with Crippen LogP contribution in [0.2, 0.25) is 0 Å². The van der Waals surface area contributed by atoms with Crippen molar-refractivity contribution in [2.75, 3.05) is 26.2 Å². The molecule has 10 atom stereocenters. The third-order valence-electron chi connectivity index (χ3n) is 14.6. The van der Waals surface area contributed by atoms with Crippen molar-refractivity contribution in [3.8, 4) is 0 Å². The zero-order valence-corrected chi connectivity index (χ0v) is 25.8. The molecular formula is C36H62N4. The highest BCUT2D eigenvalue weighted by Crippen LogP contribution is 2.62. The lowest BCUT2D eigenvalue weighted by Gasteiger charge is -2.64. The molecule has 0 radical (unpaired) electrons. The molecular weight excluding hydrogens is 488 g/mol. The Morgan fingerprint density at radius 2 is 0.800 bits per heavy atom. The van der Waals surface area contributed by atoms with Gasteiger partial charge in [-0.1, -0.05) is 38.5 Å². The van der Waals surface area contributed by atoms with Gasteiger partial charge in [-0.05, 0) is 138 Å². The smallest absolute Gasteiger partial charge is 0.0238 e. The van der Waals surface area contributed by atoms with Crippen LogP contribution < -0.4 is 10.6 Å². The summed E-state index contributed by atoms with van der Waals surface area (Å²) in [4.78, 5) is 6.51. The van der Waals surface area contributed by atoms with E-state index in [2.05, 4.69) is 20.4 Å². The van der Waals surface area contributed by atoms with Crippen LogP contribution in [0.3, 0.4) is 0 Å². The fourth-order valence-corrected chi connectivity index (χ4v) is 13.2. The van der Waals surface area contributed by atoms with E-state index in [-0.39, 0.29) is 0 Å². The molecule has 4 heteroatoms. The first-order valence-corrected chi connectivity index (χ1v) is 18.8. The van der Waals surface area contributed by atoms with Gasteiger partial charge in [0.05, 0.1) is 0 Å². The standard InChI is InChI=1S/C36H62N4/c1-3-7-27(8-4-1)39(29-19-21-37-23-29)33-17-13-25-12-16-32-34(18-14-26-11-15-31(33)35(25)36(26)32)40(30-20-22-38-24-30)28-9-5-2-6-10-28/h25-38H,1-24H2. The zero-order valence-electron chi connectivity index (χ0n) is 25.8. The molecule has 6 saturated carbocycles. The lowest BCUT2D eigenvalue weighted by molar-refractivity contribution is -0.145. The minimum atomic E-state index is 0.831. The normalized spacial score (nSPS) is 46.6. The predicted octanol–water partition coefficient (Wildman–Crippen LogP) is 6.59. The molecule has 0 aromatic heterocycles. The molecule has 10 unspecified atom stereocenters. The summed E-state index contributed by atoms with van der Waals surface area (Å²) < 4.78 is 0. The quantitative estimate of drug-likeness (QED) is 0.391. The molecule has 0 aromatic rings. The van der Waals surface area contributed by atoms with Gasteiger partial charge in [0.25, 0.3) is 0 Å². The van der Waals surface area contributed by atoms with Gasteiger partial charge in [-0.2, -0.15) is 0 Å². The Bertz CT molecular complexity index is 755. The molecule has 2 saturated heterocycles. The van der Waals surface area contributed by atoms with Crippen molar-refractivity contribution in [1.29, 1.82) is 0 Å². The highest BCUT2D eigenvalue weighted by atomic mass is 15.3. The van der Waals surface area contributed by atoms with E-state index >= 15 is 0 Å². The zero-order chi connectivity index (χ0) is 26.5. The minimum absolute atomic E-state index is 0.831. The van der Waals surface area contributed by atoms with Crippen LogP contribution in [0.25, 0.3) is 0 Å². The van der Waals surface area contributed by atoms with Gasteiger partial charge in [0, 0.05) is 49.3 Å². The Kier molecular flexibility index (Phi) is 8.28. The Morgan fingerprint density at radius 1 is 0.375 bits per heavy atom. The summed E-state index contributed by atoms with van der Waals surface area (Å²) in [5, 5.41) is 7.60. The van der Waals surface area contributed by atoms with Gasteiger partial charge in [0.1, 0.15) is 0 Å². The largest absolute Gasteiger partial charge is 0.315 e. The van der Waals surface area contributed by atoms with Gasteiger partial charge in [0.15, 0.2) is 0 Å². The second-order valence-electron chi connectivity index (χ2n) is 16.2. The van der Waals surface area contributed by atoms with Crippen LogP contribution in [0.4, 0.5) is 0 Å². The summed E-state index contributed by atoms with van der Waals surface area (Å²) in [6, 6.07) is 5.27. The summed E-state index contributed by atoms with van der Waals surface area (Å²) in [7, 11) is 0. The van der Waals surface area contributed by atoms with Crippen molar-refractivity contribution < 1.29 is 0 Å². The van der Waals surface area contributed by atoms with E-state index in [1.54, 1.807) is 38.5 Å². The van der Waals surface area contributed by atoms with Gasteiger partial charge in [-0.25, -0.2) is 0 Å². The first kappa shape index (κ1) is 27.4. The van der Waals surface area contributed by atoms with Gasteiger partial charge in [0.2, 0.25) is 0 Å². The van der Waals surface area contributed by atoms with Crippen molar-refractivity contribution in [2.45, 2.75) is 165 Å². The molecule has 0 bridgehead atoms. The van der Waals surface area contributed by atoms with Crippen LogP contribution in [-0.2, 0) is 0 Å². The lowest BCUT2D eigenvalue weighted by atomic mass is 9.46. The summed E-state index contributed by atoms with van der Waals surface area (Å²) in [5.41, 5.74) is 0. The minimum Gasteiger partial charge on any atom is -0.315 e. The second kappa shape index (κ2) is 12.1. The first-order valence-electron chi connectivity index (χ1n) is 18.8. The summed E-state index contributed by atoms with van der Waals surface area (Å²) in [5.74, 6) is 6.29. The molecule has 2 N–H and O–H groups in total. The van der Waals surface area contributed by atoms with E-state index in [4.69, 9.17) is 0 Å². The fraction of sp³-hybridized carbons (Fsp3) is 1.00. The van der Waals surface area contributed by atoms with E-state index in [1.165, 1.54) is 116 Å². The second-order valence-corrected chi connectivity index (χ2v) is 16.2. The summed E-state index contributed by atoms with van der Waals surface area (Å²) in [6.45, 7) is 5.07. The molecule has 0 amide bonds. The molecule has 4 nitrogen and oxygen atoms in total. The monoisotopic (exact) mass is 550 g/mol. The Hall–Kier alpha value is -0.160. The Morgan fingerprint density at radius 3 is 1.20 bits per heavy atom. The average molecular weight is 551 g/mol. The maximum atomic E-state index is 3.80. The van der Waals surface area contributed by atoms with Crippen LogP contribution >= 0.6 is 0 Å². The first-order chi connectivity index (χ1) is 19.9. The molecule has 8 aliphatic rings. The molecule has 2 aliphatic heterocycles. The average Bonchev–Trinajstić information content (AvgIpc) is 3.74. The van der Waals surface area contributed by atoms with Gasteiger partial charge < -0.3 is 10.6 Å². The third kappa shape index (κ3) is 4.95. The maximum absolute atomic E-state index is 3.80. The van der Waals surface area contributed by atoms with Crippen LogP contribution in [-0.4, -0.2) is 72.2 Å². The fourth-order valence-electron chi connectivity index (χ4n) is 13.2. The third-order valence-corrected chi connectivity index (χ3v) is 14.6. The van der Waals surface area contributed by atoms with Gasteiger partial charge in [-0.15, -0.1) is 0 Å². The van der Waals surface area contributed by atoms with Crippen LogP contribution in [0.15, 0.2) is 0 Å². The SMILES string of the molecule is C1CCC(N(C2CCNC2)C2CCC3CCC4C5C(CCC2C35)CCC4N(C2CCCCC2)C2CCNC2)CC1. The molecule has 40 heavy (non-hydrogen) atoms. The lowest BCUT2D eigenvalue weighted by Crippen LogP contribution is -2.64. The van der Waals surface area contributed by atoms with Crippen molar-refractivity contribution in [3.63, 3.8) is 0 Å². The number of hydrogen-bond donors (Lipinski definition) is 2. The highest BCUT2D eigenvalue weighted by molar-refractivity contribution is 5.10. The topological polar surface area (TPSA) is 30.5 Å². The van der Waals surface area contributed by atoms with E-state index in [0.717, 1.165) is 71.8 Å². The van der Waals surface area contributed by atoms with Crippen molar-refractivity contribution in [3.05, 3.63) is 0 Å². The maximum Gasteiger partial charge on any atom is 0.0238 e. The number of nitrogens with zero attached hydrogens (tertiary/aromatic N) is 2. The molecule has 226 valence electrons. The van der Waals surface area contributed by atoms with Crippen LogP contribution in [0.5, 0.6) is 0 Å². The molecule has 6 aliphatic carbocycles. The summed E-state index contributed by atoms with van der Waals surface area (Å²) >= 11 is 0. The number of rotatable bonds is 6. The molecule has 8 rings (SSSR count). The van der Waals surface area contributed by atoms with E-state index in [9.17, 15) is 0 Å². The van der Waals surface area contributed by atoms with E-state index in [0.29, 0.717) is 0 Å². The van der Waals surface area contributed by atoms with Gasteiger partial charge >= 0.3 is 0 Å². The van der Waals surface area contributed by atoms with Crippen LogP contribution in [0, 0.1) is 35.5 Å². The van der Waals surface area contributed by atoms with Gasteiger partial charge in [-0.3, -0.25) is 9.80 Å². The van der Waals surface area contributed by atoms with Crippen molar-refractivity contribution in [1.82, 2.24) is 20.4 Å².